The van der Waals surface area contributed by atoms with Gasteiger partial charge in [-0.15, -0.1) is 11.8 Å². The number of hydrogen-bond donors (Lipinski definition) is 3. The van der Waals surface area contributed by atoms with Gasteiger partial charge in [-0.05, 0) is 48.5 Å². The van der Waals surface area contributed by atoms with Crippen molar-refractivity contribution in [1.29, 1.82) is 0 Å². The average molecular weight is 453 g/mol. The van der Waals surface area contributed by atoms with Crippen LogP contribution in [0.15, 0.2) is 65.6 Å². The summed E-state index contributed by atoms with van der Waals surface area (Å²) in [6.45, 7) is 1.39. The molecule has 0 bridgehead atoms. The van der Waals surface area contributed by atoms with Gasteiger partial charge in [0, 0.05) is 41.8 Å². The zero-order chi connectivity index (χ0) is 23.3. The topological polar surface area (TPSA) is 133 Å². The molecule has 0 aliphatic carbocycles. The Kier molecular flexibility index (Phi) is 7.06. The van der Waals surface area contributed by atoms with Gasteiger partial charge in [0.2, 0.25) is 23.6 Å². The molecule has 32 heavy (non-hydrogen) atoms. The highest BCUT2D eigenvalue weighted by Gasteiger charge is 2.40. The third-order valence-corrected chi connectivity index (χ3v) is 5.53. The Morgan fingerprint density at radius 2 is 1.56 bits per heavy atom. The highest BCUT2D eigenvalue weighted by Crippen LogP contribution is 2.34. The van der Waals surface area contributed by atoms with Crippen LogP contribution in [0.1, 0.15) is 13.3 Å². The normalized spacial score (nSPS) is 15.8. The number of nitrogens with one attached hydrogen (secondary N) is 2. The number of rotatable bonds is 7. The van der Waals surface area contributed by atoms with Crippen LogP contribution in [-0.4, -0.2) is 40.0 Å². The van der Waals surface area contributed by atoms with E-state index in [2.05, 4.69) is 10.6 Å². The lowest BCUT2D eigenvalue weighted by atomic mass is 10.2. The number of amides is 4. The lowest BCUT2D eigenvalue weighted by Crippen LogP contribution is -2.31. The van der Waals surface area contributed by atoms with Crippen LogP contribution in [0.3, 0.4) is 0 Å². The molecule has 1 unspecified atom stereocenters. The molecule has 1 saturated heterocycles. The van der Waals surface area contributed by atoms with E-state index in [0.29, 0.717) is 17.1 Å². The van der Waals surface area contributed by atoms with Gasteiger partial charge in [0.15, 0.2) is 0 Å². The molecule has 3 rings (SSSR count). The molecule has 0 radical (unpaired) electrons. The first-order chi connectivity index (χ1) is 15.2. The van der Waals surface area contributed by atoms with Gasteiger partial charge in [-0.25, -0.2) is 9.69 Å². The Hall–Kier alpha value is -3.92. The van der Waals surface area contributed by atoms with Gasteiger partial charge >= 0.3 is 5.97 Å². The molecule has 1 atom stereocenters. The number of hydrogen-bond acceptors (Lipinski definition) is 6. The molecule has 1 aliphatic rings. The number of carboxylic acids is 1. The molecule has 0 saturated carbocycles. The van der Waals surface area contributed by atoms with E-state index in [9.17, 15) is 24.0 Å². The second kappa shape index (κ2) is 9.92. The molecular formula is C22H19N3O6S. The molecule has 9 nitrogen and oxygen atoms in total. The molecule has 1 aliphatic heterocycles. The summed E-state index contributed by atoms with van der Waals surface area (Å²) in [5.74, 6) is -2.66. The number of carboxylic acid groups (broad SMARTS) is 1. The smallest absolute Gasteiger partial charge is 0.328 e. The van der Waals surface area contributed by atoms with Gasteiger partial charge in [0.1, 0.15) is 0 Å². The van der Waals surface area contributed by atoms with Crippen molar-refractivity contribution in [1.82, 2.24) is 0 Å². The van der Waals surface area contributed by atoms with Crippen LogP contribution >= 0.6 is 11.8 Å². The van der Waals surface area contributed by atoms with Gasteiger partial charge in [0.05, 0.1) is 10.9 Å². The average Bonchev–Trinajstić information content (AvgIpc) is 3.01. The molecule has 0 spiro atoms. The summed E-state index contributed by atoms with van der Waals surface area (Å²) in [5, 5.41) is 13.1. The summed E-state index contributed by atoms with van der Waals surface area (Å²) in [6.07, 6.45) is 1.70. The number of nitrogens with zero attached hydrogens (tertiary/aromatic N) is 1. The van der Waals surface area contributed by atoms with Gasteiger partial charge < -0.3 is 15.7 Å². The number of imide groups is 1. The maximum absolute atomic E-state index is 12.8. The molecule has 1 heterocycles. The summed E-state index contributed by atoms with van der Waals surface area (Å²) in [4.78, 5) is 60.4. The van der Waals surface area contributed by atoms with E-state index in [1.807, 2.05) is 0 Å². The van der Waals surface area contributed by atoms with Crippen molar-refractivity contribution in [3.8, 4) is 0 Å². The summed E-state index contributed by atoms with van der Waals surface area (Å²) >= 11 is 1.24. The fraction of sp³-hybridized carbons (Fsp3) is 0.136. The molecule has 4 amide bonds. The first-order valence-electron chi connectivity index (χ1n) is 9.46. The predicted octanol–water partition coefficient (Wildman–Crippen LogP) is 2.65. The second-order valence-corrected chi connectivity index (χ2v) is 8.07. The molecule has 2 aromatic rings. The number of benzene rings is 2. The van der Waals surface area contributed by atoms with Crippen molar-refractivity contribution >= 4 is 58.4 Å². The SMILES string of the molecule is CC(=O)Nc1ccc(N2C(=O)CC(Sc3ccc(NC(=O)/C=C/C(=O)O)cc3)C2=O)cc1. The zero-order valence-corrected chi connectivity index (χ0v) is 17.7. The third-order valence-electron chi connectivity index (χ3n) is 4.33. The maximum Gasteiger partial charge on any atom is 0.328 e. The monoisotopic (exact) mass is 453 g/mol. The molecule has 0 aromatic heterocycles. The molecule has 3 N–H and O–H groups in total. The van der Waals surface area contributed by atoms with Gasteiger partial charge in [0.25, 0.3) is 0 Å². The van der Waals surface area contributed by atoms with E-state index < -0.39 is 17.1 Å². The minimum atomic E-state index is -1.22. The third kappa shape index (κ3) is 5.82. The van der Waals surface area contributed by atoms with E-state index in [-0.39, 0.29) is 24.1 Å². The number of anilines is 3. The van der Waals surface area contributed by atoms with E-state index >= 15 is 0 Å². The van der Waals surface area contributed by atoms with Crippen molar-refractivity contribution in [3.63, 3.8) is 0 Å². The van der Waals surface area contributed by atoms with Crippen molar-refractivity contribution in [2.45, 2.75) is 23.5 Å². The second-order valence-electron chi connectivity index (χ2n) is 6.79. The summed E-state index contributed by atoms with van der Waals surface area (Å²) < 4.78 is 0. The Labute approximate surface area is 187 Å². The van der Waals surface area contributed by atoms with Crippen LogP contribution in [-0.2, 0) is 24.0 Å². The molecular weight excluding hydrogens is 434 g/mol. The van der Waals surface area contributed by atoms with Crippen molar-refractivity contribution < 1.29 is 29.1 Å². The highest BCUT2D eigenvalue weighted by atomic mass is 32.2. The Balaban J connectivity index is 1.63. The van der Waals surface area contributed by atoms with Gasteiger partial charge in [-0.2, -0.15) is 0 Å². The molecule has 164 valence electrons. The highest BCUT2D eigenvalue weighted by molar-refractivity contribution is 8.00. The van der Waals surface area contributed by atoms with Crippen LogP contribution in [0.2, 0.25) is 0 Å². The Morgan fingerprint density at radius 3 is 2.16 bits per heavy atom. The number of thioether (sulfide) groups is 1. The molecule has 1 fully saturated rings. The van der Waals surface area contributed by atoms with Crippen molar-refractivity contribution in [2.75, 3.05) is 15.5 Å². The van der Waals surface area contributed by atoms with E-state index in [1.54, 1.807) is 48.5 Å². The standard InChI is InChI=1S/C22H19N3O6S/c1-13(26)23-14-2-6-16(7-3-14)25-20(28)12-18(22(25)31)32-17-8-4-15(5-9-17)24-19(27)10-11-21(29)30/h2-11,18H,12H2,1H3,(H,23,26)(H,24,27)(H,29,30)/b11-10+. The number of aliphatic carboxylic acids is 1. The quantitative estimate of drug-likeness (QED) is 0.434. The maximum atomic E-state index is 12.8. The zero-order valence-electron chi connectivity index (χ0n) is 16.9. The largest absolute Gasteiger partial charge is 0.478 e. The van der Waals surface area contributed by atoms with Crippen LogP contribution in [0, 0.1) is 0 Å². The Bertz CT molecular complexity index is 1100. The summed E-state index contributed by atoms with van der Waals surface area (Å²) in [5.41, 5.74) is 1.46. The van der Waals surface area contributed by atoms with Crippen molar-refractivity contribution in [3.05, 3.63) is 60.7 Å². The van der Waals surface area contributed by atoms with Gasteiger partial charge in [-0.1, -0.05) is 0 Å². The summed E-state index contributed by atoms with van der Waals surface area (Å²) in [7, 11) is 0. The lowest BCUT2D eigenvalue weighted by Gasteiger charge is -2.15. The van der Waals surface area contributed by atoms with E-state index in [1.165, 1.54) is 18.7 Å². The fourth-order valence-corrected chi connectivity index (χ4v) is 4.03. The van der Waals surface area contributed by atoms with Crippen LogP contribution in [0.4, 0.5) is 17.1 Å². The number of carbonyl (C=O) groups excluding carboxylic acids is 4. The predicted molar refractivity (Wildman–Crippen MR) is 119 cm³/mol. The number of carbonyl (C=O) groups is 5. The first-order valence-corrected chi connectivity index (χ1v) is 10.3. The minimum Gasteiger partial charge on any atom is -0.478 e. The molecule has 2 aromatic carbocycles. The van der Waals surface area contributed by atoms with Crippen LogP contribution < -0.4 is 15.5 Å². The minimum absolute atomic E-state index is 0.0510. The first kappa shape index (κ1) is 22.8. The van der Waals surface area contributed by atoms with E-state index in [4.69, 9.17) is 5.11 Å². The van der Waals surface area contributed by atoms with Gasteiger partial charge in [-0.3, -0.25) is 19.2 Å². The van der Waals surface area contributed by atoms with Crippen molar-refractivity contribution in [2.24, 2.45) is 0 Å². The fourth-order valence-electron chi connectivity index (χ4n) is 2.98. The lowest BCUT2D eigenvalue weighted by molar-refractivity contribution is -0.131. The van der Waals surface area contributed by atoms with E-state index in [0.717, 1.165) is 21.9 Å². The van der Waals surface area contributed by atoms with Crippen LogP contribution in [0.25, 0.3) is 0 Å². The van der Waals surface area contributed by atoms with Crippen LogP contribution in [0.5, 0.6) is 0 Å². The Morgan fingerprint density at radius 1 is 0.969 bits per heavy atom. The summed E-state index contributed by atoms with van der Waals surface area (Å²) in [6, 6.07) is 13.1. The molecule has 10 heteroatoms.